The minimum Gasteiger partial charge on any atom is -0.383 e. The van der Waals surface area contributed by atoms with Gasteiger partial charge in [0.2, 0.25) is 5.95 Å². The fourth-order valence-electron chi connectivity index (χ4n) is 5.06. The number of amides is 1. The Kier molecular flexibility index (Phi) is 5.22. The molecule has 32 heavy (non-hydrogen) atoms. The number of hydrogen-bond donors (Lipinski definition) is 2. The van der Waals surface area contributed by atoms with Gasteiger partial charge in [0, 0.05) is 18.7 Å². The van der Waals surface area contributed by atoms with Gasteiger partial charge in [0.05, 0.1) is 15.6 Å². The second-order valence-electron chi connectivity index (χ2n) is 8.71. The molecule has 0 radical (unpaired) electrons. The predicted octanol–water partition coefficient (Wildman–Crippen LogP) is 4.52. The molecular weight excluding hydrogens is 445 g/mol. The molecule has 1 aliphatic heterocycles. The monoisotopic (exact) mass is 467 g/mol. The fraction of sp³-hybridized carbons (Fsp3) is 0.292. The zero-order valence-corrected chi connectivity index (χ0v) is 19.0. The maximum atomic E-state index is 12.3. The zero-order chi connectivity index (χ0) is 22.5. The lowest BCUT2D eigenvalue weighted by molar-refractivity contribution is 0.0996. The number of primary amides is 1. The van der Waals surface area contributed by atoms with Crippen molar-refractivity contribution in [2.24, 2.45) is 11.1 Å². The van der Waals surface area contributed by atoms with E-state index in [-0.39, 0.29) is 21.9 Å². The number of nitrogen functional groups attached to an aromatic ring is 1. The first-order valence-electron chi connectivity index (χ1n) is 10.6. The minimum absolute atomic E-state index is 0.0465. The van der Waals surface area contributed by atoms with E-state index in [1.807, 2.05) is 0 Å². The number of rotatable bonds is 3. The first kappa shape index (κ1) is 21.0. The van der Waals surface area contributed by atoms with Crippen LogP contribution in [-0.4, -0.2) is 29.0 Å². The van der Waals surface area contributed by atoms with Gasteiger partial charge in [0.25, 0.3) is 5.91 Å². The summed E-state index contributed by atoms with van der Waals surface area (Å²) in [5.41, 5.74) is 16.0. The number of hydrogen-bond acceptors (Lipinski definition) is 5. The molecule has 6 nitrogen and oxygen atoms in total. The minimum atomic E-state index is -0.689. The molecule has 0 saturated carbocycles. The van der Waals surface area contributed by atoms with E-state index in [0.717, 1.165) is 38.8 Å². The van der Waals surface area contributed by atoms with Crippen LogP contribution in [0.3, 0.4) is 0 Å². The van der Waals surface area contributed by atoms with Gasteiger partial charge in [-0.1, -0.05) is 59.6 Å². The first-order chi connectivity index (χ1) is 15.4. The summed E-state index contributed by atoms with van der Waals surface area (Å²) < 4.78 is 0. The Bertz CT molecular complexity index is 1190. The van der Waals surface area contributed by atoms with Crippen molar-refractivity contribution in [1.82, 2.24) is 9.97 Å². The van der Waals surface area contributed by atoms with Gasteiger partial charge in [0.1, 0.15) is 11.5 Å². The van der Waals surface area contributed by atoms with Crippen LogP contribution in [-0.2, 0) is 12.8 Å². The van der Waals surface area contributed by atoms with E-state index in [1.165, 1.54) is 11.1 Å². The summed E-state index contributed by atoms with van der Waals surface area (Å²) in [5.74, 6) is -0.115. The Morgan fingerprint density at radius 2 is 1.62 bits per heavy atom. The number of halogens is 2. The van der Waals surface area contributed by atoms with E-state index in [2.05, 4.69) is 39.1 Å². The molecule has 0 atom stereocenters. The molecule has 1 saturated heterocycles. The van der Waals surface area contributed by atoms with Gasteiger partial charge in [-0.2, -0.15) is 4.98 Å². The molecule has 164 valence electrons. The van der Waals surface area contributed by atoms with E-state index >= 15 is 0 Å². The highest BCUT2D eigenvalue weighted by molar-refractivity contribution is 6.44. The lowest BCUT2D eigenvalue weighted by atomic mass is 9.76. The number of nitrogens with zero attached hydrogens (tertiary/aromatic N) is 3. The molecule has 1 amide bonds. The van der Waals surface area contributed by atoms with Gasteiger partial charge in [-0.15, -0.1) is 0 Å². The Hall–Kier alpha value is -2.83. The molecule has 2 heterocycles. The molecule has 2 aromatic carbocycles. The Morgan fingerprint density at radius 3 is 2.25 bits per heavy atom. The number of carbonyl (C=O) groups is 1. The third kappa shape index (κ3) is 3.57. The Labute approximate surface area is 196 Å². The Morgan fingerprint density at radius 1 is 0.969 bits per heavy atom. The molecule has 3 aromatic rings. The molecular formula is C24H23Cl2N5O. The van der Waals surface area contributed by atoms with E-state index in [9.17, 15) is 4.79 Å². The number of aromatic nitrogens is 2. The third-order valence-corrected chi connectivity index (χ3v) is 7.55. The molecule has 4 N–H and O–H groups in total. The van der Waals surface area contributed by atoms with Crippen LogP contribution in [0, 0.1) is 5.41 Å². The van der Waals surface area contributed by atoms with Crippen molar-refractivity contribution in [3.63, 3.8) is 0 Å². The summed E-state index contributed by atoms with van der Waals surface area (Å²) in [4.78, 5) is 23.4. The van der Waals surface area contributed by atoms with Crippen LogP contribution in [0.15, 0.2) is 42.5 Å². The molecule has 1 spiro atoms. The zero-order valence-electron chi connectivity index (χ0n) is 17.4. The standard InChI is InChI=1S/C24H23Cl2N5O/c25-17-7-3-6-16(19(17)26)18-20(22(28)32)29-23(30-21(18)27)31-10-8-24(9-11-31)12-14-4-1-2-5-15(14)13-24/h1-7H,8-13H2,(H2,28,32)(H2,27,29,30). The van der Waals surface area contributed by atoms with Crippen molar-refractivity contribution < 1.29 is 4.79 Å². The lowest BCUT2D eigenvalue weighted by Gasteiger charge is -2.39. The van der Waals surface area contributed by atoms with Crippen molar-refractivity contribution in [1.29, 1.82) is 0 Å². The average Bonchev–Trinajstić information content (AvgIpc) is 3.13. The molecule has 0 unspecified atom stereocenters. The van der Waals surface area contributed by atoms with Crippen LogP contribution in [0.4, 0.5) is 11.8 Å². The number of anilines is 2. The van der Waals surface area contributed by atoms with Gasteiger partial charge in [0.15, 0.2) is 0 Å². The van der Waals surface area contributed by atoms with Crippen molar-refractivity contribution >= 4 is 40.9 Å². The number of nitrogens with two attached hydrogens (primary N) is 2. The second-order valence-corrected chi connectivity index (χ2v) is 9.49. The third-order valence-electron chi connectivity index (χ3n) is 6.74. The smallest absolute Gasteiger partial charge is 0.268 e. The highest BCUT2D eigenvalue weighted by Gasteiger charge is 2.40. The number of piperidine rings is 1. The number of fused-ring (bicyclic) bond motifs is 1. The summed E-state index contributed by atoms with van der Waals surface area (Å²) >= 11 is 12.5. The molecule has 2 aliphatic rings. The first-order valence-corrected chi connectivity index (χ1v) is 11.4. The van der Waals surface area contributed by atoms with Crippen LogP contribution >= 0.6 is 23.2 Å². The summed E-state index contributed by atoms with van der Waals surface area (Å²) in [5, 5.41) is 0.627. The predicted molar refractivity (Wildman–Crippen MR) is 128 cm³/mol. The molecule has 5 rings (SSSR count). The molecule has 0 bridgehead atoms. The molecule has 1 aliphatic carbocycles. The highest BCUT2D eigenvalue weighted by atomic mass is 35.5. The maximum Gasteiger partial charge on any atom is 0.268 e. The summed E-state index contributed by atoms with van der Waals surface area (Å²) in [6, 6.07) is 13.8. The summed E-state index contributed by atoms with van der Waals surface area (Å²) in [7, 11) is 0. The topological polar surface area (TPSA) is 98.1 Å². The van der Waals surface area contributed by atoms with E-state index < -0.39 is 5.91 Å². The SMILES string of the molecule is NC(=O)c1nc(N2CCC3(CC2)Cc2ccccc2C3)nc(N)c1-c1cccc(Cl)c1Cl. The van der Waals surface area contributed by atoms with Gasteiger partial charge in [-0.05, 0) is 48.3 Å². The van der Waals surface area contributed by atoms with Crippen LogP contribution < -0.4 is 16.4 Å². The lowest BCUT2D eigenvalue weighted by Crippen LogP contribution is -2.41. The molecule has 8 heteroatoms. The maximum absolute atomic E-state index is 12.3. The van der Waals surface area contributed by atoms with Crippen molar-refractivity contribution in [3.8, 4) is 11.1 Å². The Balaban J connectivity index is 1.43. The van der Waals surface area contributed by atoms with Crippen molar-refractivity contribution in [2.75, 3.05) is 23.7 Å². The summed E-state index contributed by atoms with van der Waals surface area (Å²) in [6.45, 7) is 1.59. The number of carbonyl (C=O) groups excluding carboxylic acids is 1. The largest absolute Gasteiger partial charge is 0.383 e. The van der Waals surface area contributed by atoms with Gasteiger partial charge in [-0.25, -0.2) is 4.98 Å². The molecule has 1 aromatic heterocycles. The van der Waals surface area contributed by atoms with Crippen molar-refractivity contribution in [3.05, 3.63) is 69.3 Å². The van der Waals surface area contributed by atoms with Gasteiger partial charge < -0.3 is 16.4 Å². The fourth-order valence-corrected chi connectivity index (χ4v) is 5.45. The van der Waals surface area contributed by atoms with Crippen LogP contribution in [0.25, 0.3) is 11.1 Å². The molecule has 1 fully saturated rings. The van der Waals surface area contributed by atoms with Gasteiger partial charge in [-0.3, -0.25) is 4.79 Å². The second kappa shape index (κ2) is 7.94. The van der Waals surface area contributed by atoms with Crippen LogP contribution in [0.1, 0.15) is 34.5 Å². The van der Waals surface area contributed by atoms with Crippen LogP contribution in [0.2, 0.25) is 10.0 Å². The van der Waals surface area contributed by atoms with E-state index in [0.29, 0.717) is 22.1 Å². The van der Waals surface area contributed by atoms with Crippen molar-refractivity contribution in [2.45, 2.75) is 25.7 Å². The number of benzene rings is 2. The normalized spacial score (nSPS) is 16.9. The van der Waals surface area contributed by atoms with Crippen LogP contribution in [0.5, 0.6) is 0 Å². The highest BCUT2D eigenvalue weighted by Crippen LogP contribution is 2.45. The average molecular weight is 468 g/mol. The van der Waals surface area contributed by atoms with Gasteiger partial charge >= 0.3 is 0 Å². The van der Waals surface area contributed by atoms with E-state index in [1.54, 1.807) is 18.2 Å². The van der Waals surface area contributed by atoms with E-state index in [4.69, 9.17) is 34.7 Å². The quantitative estimate of drug-likeness (QED) is 0.589. The summed E-state index contributed by atoms with van der Waals surface area (Å²) in [6.07, 6.45) is 4.27.